The monoisotopic (exact) mass is 472 g/mol. The van der Waals surface area contributed by atoms with E-state index < -0.39 is 23.5 Å². The van der Waals surface area contributed by atoms with Gasteiger partial charge >= 0.3 is 5.69 Å². The first kappa shape index (κ1) is 21.9. The maximum absolute atomic E-state index is 12.9. The molecule has 1 atom stereocenters. The Morgan fingerprint density at radius 2 is 1.91 bits per heavy atom. The molecule has 0 aliphatic carbocycles. The highest BCUT2D eigenvalue weighted by molar-refractivity contribution is 6.31. The van der Waals surface area contributed by atoms with Crippen LogP contribution in [0.4, 0.5) is 5.69 Å². The lowest BCUT2D eigenvalue weighted by atomic mass is 10.1. The Morgan fingerprint density at radius 3 is 2.62 bits per heavy atom. The second-order valence-corrected chi connectivity index (χ2v) is 7.90. The van der Waals surface area contributed by atoms with Gasteiger partial charge in [-0.25, -0.2) is 9.36 Å². The molecule has 4 rings (SSSR count). The molecule has 4 N–H and O–H groups in total. The number of nitrogens with zero attached hydrogens (tertiary/aromatic N) is 2. The predicted octanol–water partition coefficient (Wildman–Crippen LogP) is 3.14. The zero-order chi connectivity index (χ0) is 22.8. The molecule has 1 aliphatic rings. The third-order valence-corrected chi connectivity index (χ3v) is 5.43. The van der Waals surface area contributed by atoms with Crippen LogP contribution in [-0.4, -0.2) is 45.0 Å². The smallest absolute Gasteiger partial charge is 0.329 e. The van der Waals surface area contributed by atoms with Crippen LogP contribution in [-0.2, 0) is 4.79 Å². The number of aliphatic hydroxyl groups is 1. The summed E-state index contributed by atoms with van der Waals surface area (Å²) in [7, 11) is 0. The number of hydrogen-bond acceptors (Lipinski definition) is 5. The van der Waals surface area contributed by atoms with Crippen molar-refractivity contribution in [2.45, 2.75) is 6.04 Å². The van der Waals surface area contributed by atoms with Gasteiger partial charge in [0.25, 0.3) is 0 Å². The summed E-state index contributed by atoms with van der Waals surface area (Å²) in [6.45, 7) is -0.275. The number of amides is 1. The van der Waals surface area contributed by atoms with Gasteiger partial charge in [-0.15, -0.1) is 0 Å². The van der Waals surface area contributed by atoms with Crippen LogP contribution in [0.2, 0.25) is 10.0 Å². The Morgan fingerprint density at radius 1 is 1.19 bits per heavy atom. The van der Waals surface area contributed by atoms with Gasteiger partial charge in [-0.3, -0.25) is 9.79 Å². The molecular formula is C22H18Cl2N4O4. The minimum absolute atomic E-state index is 0.00439. The number of carbonyl (C=O) groups excluding carboxylic acids is 1. The maximum atomic E-state index is 12.9. The van der Waals surface area contributed by atoms with Crippen LogP contribution < -0.4 is 11.0 Å². The van der Waals surface area contributed by atoms with Crippen molar-refractivity contribution in [3.63, 3.8) is 0 Å². The van der Waals surface area contributed by atoms with Gasteiger partial charge in [0.2, 0.25) is 11.8 Å². The van der Waals surface area contributed by atoms with E-state index in [-0.39, 0.29) is 18.8 Å². The molecular weight excluding hydrogens is 455 g/mol. The molecule has 3 aromatic rings. The Hall–Kier alpha value is -3.33. The molecule has 164 valence electrons. The summed E-state index contributed by atoms with van der Waals surface area (Å²) in [6, 6.07) is 10.4. The van der Waals surface area contributed by atoms with E-state index in [1.54, 1.807) is 54.8 Å². The van der Waals surface area contributed by atoms with Gasteiger partial charge in [0, 0.05) is 33.9 Å². The number of aliphatic imine (C=N–C) groups is 1. The fourth-order valence-electron chi connectivity index (χ4n) is 3.47. The van der Waals surface area contributed by atoms with Gasteiger partial charge in [-0.1, -0.05) is 41.4 Å². The van der Waals surface area contributed by atoms with Crippen LogP contribution in [0.15, 0.2) is 52.3 Å². The largest absolute Gasteiger partial charge is 0.493 e. The minimum atomic E-state index is -1.18. The lowest BCUT2D eigenvalue weighted by Gasteiger charge is -2.18. The quantitative estimate of drug-likeness (QED) is 0.440. The molecule has 2 aromatic carbocycles. The van der Waals surface area contributed by atoms with Gasteiger partial charge in [0.1, 0.15) is 11.7 Å². The lowest BCUT2D eigenvalue weighted by molar-refractivity contribution is -0.123. The van der Waals surface area contributed by atoms with Crippen molar-refractivity contribution in [2.24, 2.45) is 4.99 Å². The number of rotatable bonds is 6. The van der Waals surface area contributed by atoms with Crippen LogP contribution in [0, 0.1) is 0 Å². The highest BCUT2D eigenvalue weighted by atomic mass is 35.5. The summed E-state index contributed by atoms with van der Waals surface area (Å²) in [5, 5.41) is 23.5. The molecule has 0 spiro atoms. The SMILES string of the molecule is O=C(NCCO)C(c1ccc(Cl)cc1)n1c(O)c(/C=C2\C=Nc3cc(Cl)ccc32)[nH]c1=O. The van der Waals surface area contributed by atoms with Crippen molar-refractivity contribution in [2.75, 3.05) is 13.2 Å². The van der Waals surface area contributed by atoms with E-state index in [0.717, 1.165) is 10.1 Å². The topological polar surface area (TPSA) is 120 Å². The minimum Gasteiger partial charge on any atom is -0.493 e. The van der Waals surface area contributed by atoms with E-state index in [2.05, 4.69) is 15.3 Å². The molecule has 8 nitrogen and oxygen atoms in total. The number of nitrogens with one attached hydrogen (secondary N) is 2. The molecule has 2 heterocycles. The van der Waals surface area contributed by atoms with E-state index >= 15 is 0 Å². The number of allylic oxidation sites excluding steroid dienone is 1. The fourth-order valence-corrected chi connectivity index (χ4v) is 3.76. The number of benzene rings is 2. The first-order valence-corrected chi connectivity index (χ1v) is 10.4. The zero-order valence-corrected chi connectivity index (χ0v) is 18.1. The van der Waals surface area contributed by atoms with Gasteiger partial charge in [-0.2, -0.15) is 0 Å². The molecule has 10 heteroatoms. The van der Waals surface area contributed by atoms with Crippen LogP contribution >= 0.6 is 23.2 Å². The Balaban J connectivity index is 1.78. The molecule has 1 amide bonds. The maximum Gasteiger partial charge on any atom is 0.329 e. The second-order valence-electron chi connectivity index (χ2n) is 7.03. The number of hydrogen-bond donors (Lipinski definition) is 4. The summed E-state index contributed by atoms with van der Waals surface area (Å²) in [4.78, 5) is 32.5. The third-order valence-electron chi connectivity index (χ3n) is 4.95. The summed E-state index contributed by atoms with van der Waals surface area (Å²) < 4.78 is 0.956. The van der Waals surface area contributed by atoms with Crippen molar-refractivity contribution in [1.82, 2.24) is 14.9 Å². The molecule has 32 heavy (non-hydrogen) atoms. The second kappa shape index (κ2) is 9.04. The number of halogens is 2. The molecule has 1 aromatic heterocycles. The molecule has 0 radical (unpaired) electrons. The molecule has 0 saturated heterocycles. The van der Waals surface area contributed by atoms with Crippen molar-refractivity contribution in [3.05, 3.63) is 79.8 Å². The summed E-state index contributed by atoms with van der Waals surface area (Å²) in [6.07, 6.45) is 3.17. The summed E-state index contributed by atoms with van der Waals surface area (Å²) in [5.41, 5.74) is 1.99. The van der Waals surface area contributed by atoms with E-state index in [0.29, 0.717) is 26.9 Å². The zero-order valence-electron chi connectivity index (χ0n) is 16.5. The van der Waals surface area contributed by atoms with Gasteiger partial charge in [0.05, 0.1) is 12.3 Å². The van der Waals surface area contributed by atoms with Crippen molar-refractivity contribution in [3.8, 4) is 5.88 Å². The van der Waals surface area contributed by atoms with E-state index in [4.69, 9.17) is 28.3 Å². The van der Waals surface area contributed by atoms with Crippen LogP contribution in [0.3, 0.4) is 0 Å². The molecule has 0 fully saturated rings. The van der Waals surface area contributed by atoms with E-state index in [1.807, 2.05) is 0 Å². The average molecular weight is 473 g/mol. The van der Waals surface area contributed by atoms with E-state index in [9.17, 15) is 14.7 Å². The summed E-state index contributed by atoms with van der Waals surface area (Å²) >= 11 is 12.0. The number of carbonyl (C=O) groups is 1. The van der Waals surface area contributed by atoms with Gasteiger partial charge in [0.15, 0.2) is 0 Å². The highest BCUT2D eigenvalue weighted by Gasteiger charge is 2.28. The van der Waals surface area contributed by atoms with Crippen molar-refractivity contribution in [1.29, 1.82) is 0 Å². The van der Waals surface area contributed by atoms with Crippen LogP contribution in [0.5, 0.6) is 5.88 Å². The fraction of sp³-hybridized carbons (Fsp3) is 0.136. The van der Waals surface area contributed by atoms with Gasteiger partial charge in [-0.05, 0) is 35.9 Å². The molecule has 0 bridgehead atoms. The van der Waals surface area contributed by atoms with Gasteiger partial charge < -0.3 is 20.5 Å². The van der Waals surface area contributed by atoms with E-state index in [1.165, 1.54) is 0 Å². The number of aromatic hydroxyl groups is 1. The number of aromatic amines is 1. The Bertz CT molecular complexity index is 1290. The first-order chi connectivity index (χ1) is 15.4. The first-order valence-electron chi connectivity index (χ1n) is 9.62. The van der Waals surface area contributed by atoms with Crippen molar-refractivity contribution >= 4 is 52.7 Å². The van der Waals surface area contributed by atoms with Crippen LogP contribution in [0.25, 0.3) is 11.6 Å². The third kappa shape index (κ3) is 4.20. The normalized spacial score (nSPS) is 14.5. The molecule has 1 unspecified atom stereocenters. The molecule has 0 saturated carbocycles. The summed E-state index contributed by atoms with van der Waals surface area (Å²) in [5.74, 6) is -0.989. The Labute approximate surface area is 192 Å². The number of aliphatic hydroxyl groups excluding tert-OH is 1. The number of imidazole rings is 1. The van der Waals surface area contributed by atoms with Crippen LogP contribution in [0.1, 0.15) is 22.9 Å². The van der Waals surface area contributed by atoms with Crippen molar-refractivity contribution < 1.29 is 15.0 Å². The number of H-pyrrole nitrogens is 1. The Kier molecular flexibility index (Phi) is 6.18. The lowest BCUT2D eigenvalue weighted by Crippen LogP contribution is -2.38. The highest BCUT2D eigenvalue weighted by Crippen LogP contribution is 2.35. The average Bonchev–Trinajstić information content (AvgIpc) is 3.29. The molecule has 1 aliphatic heterocycles. The predicted molar refractivity (Wildman–Crippen MR) is 124 cm³/mol. The standard InChI is InChI=1S/C22H18Cl2N4O4/c23-14-3-1-12(2-4-14)19(20(30)25-7-8-29)28-21(31)18(27-22(28)32)9-13-11-26-17-10-15(24)5-6-16(13)17/h1-6,9-11,19,29,31H,7-8H2,(H,25,30)(H,27,32)/b13-9+. The number of fused-ring (bicyclic) bond motifs is 1. The number of aromatic nitrogens is 2.